The van der Waals surface area contributed by atoms with Gasteiger partial charge in [-0.2, -0.15) is 0 Å². The molecule has 26 heavy (non-hydrogen) atoms. The minimum atomic E-state index is -3.42. The fraction of sp³-hybridized carbons (Fsp3) is 0.368. The van der Waals surface area contributed by atoms with E-state index in [4.69, 9.17) is 5.73 Å². The van der Waals surface area contributed by atoms with Crippen LogP contribution in [0.15, 0.2) is 48.5 Å². The first kappa shape index (κ1) is 20.2. The average Bonchev–Trinajstić information content (AvgIpc) is 2.58. The predicted octanol–water partition coefficient (Wildman–Crippen LogP) is 2.11. The summed E-state index contributed by atoms with van der Waals surface area (Å²) in [6, 6.07) is 14.5. The Morgan fingerprint density at radius 2 is 1.19 bits per heavy atom. The molecule has 0 aromatic heterocycles. The lowest BCUT2D eigenvalue weighted by molar-refractivity contribution is 0.507. The molecule has 0 aliphatic heterocycles. The van der Waals surface area contributed by atoms with Crippen LogP contribution >= 0.6 is 0 Å². The number of benzene rings is 2. The number of hydrogen-bond donors (Lipinski definition) is 2. The molecule has 0 amide bonds. The van der Waals surface area contributed by atoms with E-state index in [0.717, 1.165) is 28.8 Å². The van der Waals surface area contributed by atoms with E-state index in [1.165, 1.54) is 0 Å². The van der Waals surface area contributed by atoms with Crippen molar-refractivity contribution < 1.29 is 8.42 Å². The first-order chi connectivity index (χ1) is 12.1. The molecular formula is C19H28N4O2S. The van der Waals surface area contributed by atoms with E-state index in [9.17, 15) is 8.42 Å². The Morgan fingerprint density at radius 3 is 1.54 bits per heavy atom. The minimum absolute atomic E-state index is 0.508. The standard InChI is InChI=1S/C19H28N4O2S/c1-22(2)16-10-6-14(7-11-16)18(20)19(21-26(5,24)25)15-8-12-17(13-9-15)23(3)4/h6-13,18-19,21H,20H2,1-5H3/t18-,19-/m1/s1. The van der Waals surface area contributed by atoms with E-state index in [-0.39, 0.29) is 0 Å². The van der Waals surface area contributed by atoms with Crippen LogP contribution in [0.3, 0.4) is 0 Å². The first-order valence-electron chi connectivity index (χ1n) is 8.36. The number of hydrogen-bond acceptors (Lipinski definition) is 5. The summed E-state index contributed by atoms with van der Waals surface area (Å²) in [5.74, 6) is 0. The minimum Gasteiger partial charge on any atom is -0.378 e. The third-order valence-corrected chi connectivity index (χ3v) is 4.95. The van der Waals surface area contributed by atoms with Gasteiger partial charge in [0, 0.05) is 39.6 Å². The summed E-state index contributed by atoms with van der Waals surface area (Å²) in [4.78, 5) is 3.99. The van der Waals surface area contributed by atoms with Crippen LogP contribution in [0, 0.1) is 0 Å². The molecule has 0 spiro atoms. The quantitative estimate of drug-likeness (QED) is 0.774. The lowest BCUT2D eigenvalue weighted by atomic mass is 9.94. The summed E-state index contributed by atoms with van der Waals surface area (Å²) in [7, 11) is 4.43. The first-order valence-corrected chi connectivity index (χ1v) is 10.2. The molecule has 2 rings (SSSR count). The van der Waals surface area contributed by atoms with Crippen molar-refractivity contribution in [2.45, 2.75) is 12.1 Å². The van der Waals surface area contributed by atoms with E-state index < -0.39 is 22.1 Å². The van der Waals surface area contributed by atoms with Crippen molar-refractivity contribution >= 4 is 21.4 Å². The van der Waals surface area contributed by atoms with Crippen molar-refractivity contribution in [1.82, 2.24) is 4.72 Å². The number of nitrogens with one attached hydrogen (secondary N) is 1. The van der Waals surface area contributed by atoms with Gasteiger partial charge in [0.05, 0.1) is 18.3 Å². The Kier molecular flexibility index (Phi) is 6.28. The highest BCUT2D eigenvalue weighted by Crippen LogP contribution is 2.29. The van der Waals surface area contributed by atoms with Gasteiger partial charge in [0.15, 0.2) is 0 Å². The van der Waals surface area contributed by atoms with Gasteiger partial charge in [-0.1, -0.05) is 24.3 Å². The molecule has 142 valence electrons. The number of nitrogens with zero attached hydrogens (tertiary/aromatic N) is 2. The van der Waals surface area contributed by atoms with Gasteiger partial charge in [0.1, 0.15) is 0 Å². The van der Waals surface area contributed by atoms with Gasteiger partial charge in [0.25, 0.3) is 0 Å². The molecule has 3 N–H and O–H groups in total. The predicted molar refractivity (Wildman–Crippen MR) is 109 cm³/mol. The SMILES string of the molecule is CN(C)c1ccc([C@@H](N)[C@H](NS(C)(=O)=O)c2ccc(N(C)C)cc2)cc1. The van der Waals surface area contributed by atoms with E-state index in [0.29, 0.717) is 0 Å². The summed E-state index contributed by atoms with van der Waals surface area (Å²) in [6.07, 6.45) is 1.15. The number of sulfonamides is 1. The van der Waals surface area contributed by atoms with Gasteiger partial charge in [-0.3, -0.25) is 0 Å². The van der Waals surface area contributed by atoms with Gasteiger partial charge in [-0.25, -0.2) is 13.1 Å². The average molecular weight is 377 g/mol. The maximum absolute atomic E-state index is 11.9. The molecule has 0 radical (unpaired) electrons. The Balaban J connectivity index is 2.37. The molecule has 0 saturated carbocycles. The van der Waals surface area contributed by atoms with Crippen molar-refractivity contribution in [3.63, 3.8) is 0 Å². The molecule has 0 bridgehead atoms. The molecule has 0 heterocycles. The van der Waals surface area contributed by atoms with Crippen molar-refractivity contribution in [1.29, 1.82) is 0 Å². The highest BCUT2D eigenvalue weighted by molar-refractivity contribution is 7.88. The molecule has 7 heteroatoms. The second kappa shape index (κ2) is 8.07. The van der Waals surface area contributed by atoms with Crippen molar-refractivity contribution in [2.24, 2.45) is 5.73 Å². The normalized spacial score (nSPS) is 13.9. The molecule has 0 saturated heterocycles. The Morgan fingerprint density at radius 1 is 0.808 bits per heavy atom. The lowest BCUT2D eigenvalue weighted by Gasteiger charge is -2.26. The van der Waals surface area contributed by atoms with E-state index in [2.05, 4.69) is 4.72 Å². The zero-order valence-electron chi connectivity index (χ0n) is 16.0. The Bertz CT molecular complexity index is 816. The van der Waals surface area contributed by atoms with Gasteiger partial charge >= 0.3 is 0 Å². The largest absolute Gasteiger partial charge is 0.378 e. The monoisotopic (exact) mass is 376 g/mol. The van der Waals surface area contributed by atoms with E-state index in [1.54, 1.807) is 0 Å². The number of anilines is 2. The maximum atomic E-state index is 11.9. The molecule has 2 atom stereocenters. The molecule has 2 aromatic rings. The third-order valence-electron chi connectivity index (χ3n) is 4.26. The molecule has 0 unspecified atom stereocenters. The smallest absolute Gasteiger partial charge is 0.209 e. The molecular weight excluding hydrogens is 348 g/mol. The molecule has 0 aliphatic rings. The molecule has 2 aromatic carbocycles. The highest BCUT2D eigenvalue weighted by atomic mass is 32.2. The summed E-state index contributed by atoms with van der Waals surface area (Å²) in [5, 5.41) is 0. The maximum Gasteiger partial charge on any atom is 0.209 e. The van der Waals surface area contributed by atoms with Crippen LogP contribution in [0.25, 0.3) is 0 Å². The number of nitrogens with two attached hydrogens (primary N) is 1. The second-order valence-corrected chi connectivity index (χ2v) is 8.65. The topological polar surface area (TPSA) is 78.7 Å². The Labute approximate surface area is 156 Å². The summed E-state index contributed by atoms with van der Waals surface area (Å²) < 4.78 is 26.5. The second-order valence-electron chi connectivity index (χ2n) is 6.87. The van der Waals surface area contributed by atoms with Gasteiger partial charge in [-0.05, 0) is 35.4 Å². The fourth-order valence-electron chi connectivity index (χ4n) is 2.75. The van der Waals surface area contributed by atoms with Crippen LogP contribution in [0.2, 0.25) is 0 Å². The summed E-state index contributed by atoms with van der Waals surface area (Å²) >= 11 is 0. The summed E-state index contributed by atoms with van der Waals surface area (Å²) in [6.45, 7) is 0. The zero-order chi connectivity index (χ0) is 19.5. The number of rotatable bonds is 7. The van der Waals surface area contributed by atoms with Crippen LogP contribution in [-0.4, -0.2) is 42.9 Å². The fourth-order valence-corrected chi connectivity index (χ4v) is 3.49. The van der Waals surface area contributed by atoms with Crippen molar-refractivity contribution in [3.05, 3.63) is 59.7 Å². The van der Waals surface area contributed by atoms with Gasteiger partial charge in [0.2, 0.25) is 10.0 Å². The van der Waals surface area contributed by atoms with Gasteiger partial charge in [-0.15, -0.1) is 0 Å². The van der Waals surface area contributed by atoms with Crippen LogP contribution in [0.5, 0.6) is 0 Å². The van der Waals surface area contributed by atoms with E-state index >= 15 is 0 Å². The van der Waals surface area contributed by atoms with E-state index in [1.807, 2.05) is 86.5 Å². The molecule has 0 fully saturated rings. The van der Waals surface area contributed by atoms with Gasteiger partial charge < -0.3 is 15.5 Å². The summed E-state index contributed by atoms with van der Waals surface area (Å²) in [5.41, 5.74) is 10.2. The Hall–Kier alpha value is -2.09. The van der Waals surface area contributed by atoms with Crippen molar-refractivity contribution in [2.75, 3.05) is 44.2 Å². The highest BCUT2D eigenvalue weighted by Gasteiger charge is 2.24. The van der Waals surface area contributed by atoms with Crippen LogP contribution in [0.1, 0.15) is 23.2 Å². The zero-order valence-corrected chi connectivity index (χ0v) is 16.8. The molecule has 0 aliphatic carbocycles. The molecule has 6 nitrogen and oxygen atoms in total. The third kappa shape index (κ3) is 5.20. The van der Waals surface area contributed by atoms with Crippen LogP contribution in [-0.2, 0) is 10.0 Å². The lowest BCUT2D eigenvalue weighted by Crippen LogP contribution is -2.35. The van der Waals surface area contributed by atoms with Crippen LogP contribution in [0.4, 0.5) is 11.4 Å². The van der Waals surface area contributed by atoms with Crippen LogP contribution < -0.4 is 20.3 Å². The van der Waals surface area contributed by atoms with Crippen molar-refractivity contribution in [3.8, 4) is 0 Å².